The zero-order valence-corrected chi connectivity index (χ0v) is 19.5. The molecule has 1 fully saturated rings. The second-order valence-corrected chi connectivity index (χ2v) is 8.55. The minimum absolute atomic E-state index is 0. The average molecular weight is 502 g/mol. The fourth-order valence-electron chi connectivity index (χ4n) is 3.13. The summed E-state index contributed by atoms with van der Waals surface area (Å²) in [4.78, 5) is 10.4. The predicted octanol–water partition coefficient (Wildman–Crippen LogP) is 4.69. The largest absolute Gasteiger partial charge is 0.354 e. The number of benzene rings is 1. The lowest BCUT2D eigenvalue weighted by Crippen LogP contribution is -2.42. The molecule has 142 valence electrons. The number of nitrogens with zero attached hydrogens (tertiary/aromatic N) is 2. The molecule has 1 saturated carbocycles. The van der Waals surface area contributed by atoms with Gasteiger partial charge in [0.15, 0.2) is 5.96 Å². The summed E-state index contributed by atoms with van der Waals surface area (Å²) in [6, 6.07) is 10.9. The van der Waals surface area contributed by atoms with E-state index in [0.717, 1.165) is 28.5 Å². The van der Waals surface area contributed by atoms with Crippen LogP contribution in [0, 0.1) is 6.92 Å². The number of aryl methyl sites for hydroxylation is 1. The van der Waals surface area contributed by atoms with Crippen LogP contribution in [0.2, 0.25) is 0 Å². The van der Waals surface area contributed by atoms with E-state index in [-0.39, 0.29) is 24.0 Å². The van der Waals surface area contributed by atoms with E-state index >= 15 is 0 Å². The first-order chi connectivity index (χ1) is 12.2. The Morgan fingerprint density at radius 1 is 1.31 bits per heavy atom. The van der Waals surface area contributed by atoms with Gasteiger partial charge >= 0.3 is 0 Å². The van der Waals surface area contributed by atoms with Crippen molar-refractivity contribution in [3.05, 3.63) is 40.9 Å². The van der Waals surface area contributed by atoms with Crippen LogP contribution in [0.1, 0.15) is 29.8 Å². The summed E-state index contributed by atoms with van der Waals surface area (Å²) in [6.45, 7) is 2.84. The SMILES string of the molecule is CN=C(NCc1sc(-c2ccccc2)nc1C)NC1CCC(SC)C1.I. The lowest BCUT2D eigenvalue weighted by molar-refractivity contribution is 0.615. The molecule has 0 bridgehead atoms. The number of thiazole rings is 1. The van der Waals surface area contributed by atoms with Gasteiger partial charge < -0.3 is 10.6 Å². The summed E-state index contributed by atoms with van der Waals surface area (Å²) in [6.07, 6.45) is 5.95. The normalized spacial score (nSPS) is 19.9. The van der Waals surface area contributed by atoms with Gasteiger partial charge in [0.2, 0.25) is 0 Å². The molecule has 2 aromatic rings. The fourth-order valence-corrected chi connectivity index (χ4v) is 4.94. The molecule has 0 saturated heterocycles. The fraction of sp³-hybridized carbons (Fsp3) is 0.474. The molecule has 1 aromatic carbocycles. The number of aromatic nitrogens is 1. The molecule has 0 radical (unpaired) electrons. The third kappa shape index (κ3) is 5.60. The first-order valence-electron chi connectivity index (χ1n) is 8.71. The molecule has 26 heavy (non-hydrogen) atoms. The Bertz CT molecular complexity index is 718. The van der Waals surface area contributed by atoms with Gasteiger partial charge in [0, 0.05) is 28.8 Å². The number of halogens is 1. The van der Waals surface area contributed by atoms with Crippen molar-refractivity contribution in [3.63, 3.8) is 0 Å². The molecular formula is C19H27IN4S2. The van der Waals surface area contributed by atoms with Crippen molar-refractivity contribution in [2.24, 2.45) is 4.99 Å². The van der Waals surface area contributed by atoms with Gasteiger partial charge in [-0.05, 0) is 32.4 Å². The monoisotopic (exact) mass is 502 g/mol. The summed E-state index contributed by atoms with van der Waals surface area (Å²) in [5, 5.41) is 8.89. The zero-order chi connectivity index (χ0) is 17.6. The van der Waals surface area contributed by atoms with Crippen molar-refractivity contribution in [3.8, 4) is 10.6 Å². The molecule has 1 heterocycles. The number of rotatable bonds is 5. The van der Waals surface area contributed by atoms with Crippen LogP contribution in [-0.4, -0.2) is 35.5 Å². The Morgan fingerprint density at radius 2 is 2.08 bits per heavy atom. The van der Waals surface area contributed by atoms with E-state index in [0.29, 0.717) is 6.04 Å². The zero-order valence-electron chi connectivity index (χ0n) is 15.5. The molecule has 1 aliphatic rings. The topological polar surface area (TPSA) is 49.3 Å². The van der Waals surface area contributed by atoms with E-state index in [1.54, 1.807) is 11.3 Å². The molecule has 2 unspecified atom stereocenters. The Hall–Kier alpha value is -0.800. The van der Waals surface area contributed by atoms with E-state index in [1.807, 2.05) is 24.9 Å². The van der Waals surface area contributed by atoms with Crippen LogP contribution < -0.4 is 10.6 Å². The molecule has 0 spiro atoms. The van der Waals surface area contributed by atoms with Crippen LogP contribution in [0.15, 0.2) is 35.3 Å². The smallest absolute Gasteiger partial charge is 0.191 e. The van der Waals surface area contributed by atoms with Crippen molar-refractivity contribution in [2.75, 3.05) is 13.3 Å². The summed E-state index contributed by atoms with van der Waals surface area (Å²) in [5.74, 6) is 0.890. The number of hydrogen-bond acceptors (Lipinski definition) is 4. The van der Waals surface area contributed by atoms with Gasteiger partial charge in [0.1, 0.15) is 5.01 Å². The number of hydrogen-bond donors (Lipinski definition) is 2. The highest BCUT2D eigenvalue weighted by molar-refractivity contribution is 14.0. The molecule has 3 rings (SSSR count). The predicted molar refractivity (Wildman–Crippen MR) is 126 cm³/mol. The molecule has 7 heteroatoms. The second kappa shape index (κ2) is 10.5. The second-order valence-electron chi connectivity index (χ2n) is 6.33. The summed E-state index contributed by atoms with van der Waals surface area (Å²) < 4.78 is 0. The molecule has 0 aliphatic heterocycles. The minimum Gasteiger partial charge on any atom is -0.354 e. The highest BCUT2D eigenvalue weighted by atomic mass is 127. The molecule has 2 atom stereocenters. The van der Waals surface area contributed by atoms with Gasteiger partial charge in [-0.3, -0.25) is 4.99 Å². The molecule has 4 nitrogen and oxygen atoms in total. The Labute approximate surface area is 181 Å². The van der Waals surface area contributed by atoms with Crippen LogP contribution in [0.5, 0.6) is 0 Å². The van der Waals surface area contributed by atoms with Crippen molar-refractivity contribution in [1.29, 1.82) is 0 Å². The van der Waals surface area contributed by atoms with Crippen LogP contribution in [-0.2, 0) is 6.54 Å². The molecule has 1 aliphatic carbocycles. The van der Waals surface area contributed by atoms with Crippen LogP contribution in [0.25, 0.3) is 10.6 Å². The van der Waals surface area contributed by atoms with E-state index in [2.05, 4.69) is 53.1 Å². The van der Waals surface area contributed by atoms with Crippen molar-refractivity contribution < 1.29 is 0 Å². The lowest BCUT2D eigenvalue weighted by atomic mass is 10.2. The summed E-state index contributed by atoms with van der Waals surface area (Å²) in [7, 11) is 1.84. The van der Waals surface area contributed by atoms with E-state index in [4.69, 9.17) is 4.98 Å². The third-order valence-electron chi connectivity index (χ3n) is 4.61. The first-order valence-corrected chi connectivity index (χ1v) is 10.8. The highest BCUT2D eigenvalue weighted by Crippen LogP contribution is 2.29. The number of aliphatic imine (C=N–C) groups is 1. The standard InChI is InChI=1S/C19H26N4S2.HI/c1-13-17(25-18(22-13)14-7-5-4-6-8-14)12-21-19(20-2)23-15-9-10-16(11-15)24-3;/h4-8,15-16H,9-12H2,1-3H3,(H2,20,21,23);1H. The number of thioether (sulfide) groups is 1. The maximum Gasteiger partial charge on any atom is 0.191 e. The average Bonchev–Trinajstić information content (AvgIpc) is 3.25. The molecule has 0 amide bonds. The lowest BCUT2D eigenvalue weighted by Gasteiger charge is -2.17. The van der Waals surface area contributed by atoms with Gasteiger partial charge in [-0.2, -0.15) is 11.8 Å². The van der Waals surface area contributed by atoms with Crippen molar-refractivity contribution in [1.82, 2.24) is 15.6 Å². The molecule has 1 aromatic heterocycles. The van der Waals surface area contributed by atoms with Crippen LogP contribution in [0.4, 0.5) is 0 Å². The maximum atomic E-state index is 4.72. The number of nitrogens with one attached hydrogen (secondary N) is 2. The quantitative estimate of drug-likeness (QED) is 0.354. The Kier molecular flexibility index (Phi) is 8.69. The maximum absolute atomic E-state index is 4.72. The molecule has 2 N–H and O–H groups in total. The highest BCUT2D eigenvalue weighted by Gasteiger charge is 2.24. The minimum atomic E-state index is 0. The summed E-state index contributed by atoms with van der Waals surface area (Å²) in [5.41, 5.74) is 2.27. The van der Waals surface area contributed by atoms with E-state index < -0.39 is 0 Å². The van der Waals surface area contributed by atoms with Crippen molar-refractivity contribution in [2.45, 2.75) is 44.0 Å². The van der Waals surface area contributed by atoms with Crippen LogP contribution >= 0.6 is 47.1 Å². The first kappa shape index (κ1) is 21.5. The van der Waals surface area contributed by atoms with Crippen LogP contribution in [0.3, 0.4) is 0 Å². The summed E-state index contributed by atoms with van der Waals surface area (Å²) >= 11 is 3.73. The van der Waals surface area contributed by atoms with Gasteiger partial charge in [-0.1, -0.05) is 30.3 Å². The van der Waals surface area contributed by atoms with Gasteiger partial charge in [0.25, 0.3) is 0 Å². The van der Waals surface area contributed by atoms with E-state index in [1.165, 1.54) is 29.7 Å². The van der Waals surface area contributed by atoms with Gasteiger partial charge in [-0.15, -0.1) is 35.3 Å². The molecular weight excluding hydrogens is 475 g/mol. The van der Waals surface area contributed by atoms with Crippen molar-refractivity contribution >= 4 is 53.0 Å². The van der Waals surface area contributed by atoms with E-state index in [9.17, 15) is 0 Å². The Balaban J connectivity index is 0.00000243. The Morgan fingerprint density at radius 3 is 2.73 bits per heavy atom. The third-order valence-corrected chi connectivity index (χ3v) is 6.91. The number of guanidine groups is 1. The van der Waals surface area contributed by atoms with Gasteiger partial charge in [0.05, 0.1) is 12.2 Å². The van der Waals surface area contributed by atoms with Gasteiger partial charge in [-0.25, -0.2) is 4.98 Å².